The summed E-state index contributed by atoms with van der Waals surface area (Å²) in [6, 6.07) is 12.2. The Labute approximate surface area is 176 Å². The second-order valence-corrected chi connectivity index (χ2v) is 8.95. The van der Waals surface area contributed by atoms with Crippen molar-refractivity contribution in [2.75, 3.05) is 34.3 Å². The van der Waals surface area contributed by atoms with Crippen molar-refractivity contribution in [3.05, 3.63) is 48.0 Å². The second kappa shape index (κ2) is 8.74. The first-order valence-corrected chi connectivity index (χ1v) is 11.5. The van der Waals surface area contributed by atoms with Gasteiger partial charge in [0.1, 0.15) is 5.75 Å². The van der Waals surface area contributed by atoms with E-state index in [9.17, 15) is 18.0 Å². The lowest BCUT2D eigenvalue weighted by molar-refractivity contribution is -0.122. The van der Waals surface area contributed by atoms with E-state index in [2.05, 4.69) is 10.0 Å². The number of aryl methyl sites for hydroxylation is 1. The quantitative estimate of drug-likeness (QED) is 0.701. The molecule has 160 valence electrons. The summed E-state index contributed by atoms with van der Waals surface area (Å²) in [5.74, 6) is -0.372. The molecule has 0 spiro atoms. The number of anilines is 3. The van der Waals surface area contributed by atoms with Crippen LogP contribution in [0.1, 0.15) is 18.9 Å². The minimum Gasteiger partial charge on any atom is -0.492 e. The van der Waals surface area contributed by atoms with Crippen LogP contribution in [-0.2, 0) is 19.6 Å². The summed E-state index contributed by atoms with van der Waals surface area (Å²) in [6.45, 7) is 4.35. The van der Waals surface area contributed by atoms with Crippen LogP contribution in [0.2, 0.25) is 0 Å². The van der Waals surface area contributed by atoms with E-state index in [0.29, 0.717) is 29.4 Å². The lowest BCUT2D eigenvalue weighted by Crippen LogP contribution is -2.28. The Morgan fingerprint density at radius 3 is 2.67 bits per heavy atom. The van der Waals surface area contributed by atoms with Gasteiger partial charge in [-0.3, -0.25) is 14.3 Å². The van der Waals surface area contributed by atoms with Gasteiger partial charge in [-0.05, 0) is 43.7 Å². The van der Waals surface area contributed by atoms with Gasteiger partial charge in [0.2, 0.25) is 21.8 Å². The monoisotopic (exact) mass is 431 g/mol. The van der Waals surface area contributed by atoms with Crippen LogP contribution < -0.4 is 19.7 Å². The summed E-state index contributed by atoms with van der Waals surface area (Å²) in [6.07, 6.45) is 1.16. The number of nitrogens with one attached hydrogen (secondary N) is 2. The summed E-state index contributed by atoms with van der Waals surface area (Å²) in [5.41, 5.74) is 2.23. The number of nitrogens with zero attached hydrogens (tertiary/aromatic N) is 1. The summed E-state index contributed by atoms with van der Waals surface area (Å²) in [5, 5.41) is 2.79. The molecule has 1 atom stereocenters. The molecule has 9 heteroatoms. The molecule has 0 bridgehead atoms. The number of amides is 2. The number of sulfonamides is 1. The van der Waals surface area contributed by atoms with Crippen LogP contribution in [0.4, 0.5) is 17.1 Å². The number of benzene rings is 2. The van der Waals surface area contributed by atoms with E-state index in [0.717, 1.165) is 11.8 Å². The SMILES string of the molecule is CCOc1ccccc1N1CC(C(=O)Nc2ccc(C)c(NS(C)(=O)=O)c2)CC1=O. The van der Waals surface area contributed by atoms with E-state index in [4.69, 9.17) is 4.74 Å². The maximum Gasteiger partial charge on any atom is 0.229 e. The minimum absolute atomic E-state index is 0.0899. The number of carbonyl (C=O) groups excluding carboxylic acids is 2. The van der Waals surface area contributed by atoms with E-state index in [1.54, 1.807) is 42.2 Å². The maximum absolute atomic E-state index is 12.8. The Morgan fingerprint density at radius 1 is 1.23 bits per heavy atom. The van der Waals surface area contributed by atoms with E-state index in [1.807, 2.05) is 19.1 Å². The Kier molecular flexibility index (Phi) is 6.31. The molecule has 1 aliphatic heterocycles. The highest BCUT2D eigenvalue weighted by molar-refractivity contribution is 7.92. The van der Waals surface area contributed by atoms with E-state index >= 15 is 0 Å². The van der Waals surface area contributed by atoms with Gasteiger partial charge in [0, 0.05) is 18.7 Å². The van der Waals surface area contributed by atoms with Crippen molar-refractivity contribution in [2.24, 2.45) is 5.92 Å². The summed E-state index contributed by atoms with van der Waals surface area (Å²) < 4.78 is 31.1. The molecule has 1 saturated heterocycles. The summed E-state index contributed by atoms with van der Waals surface area (Å²) in [4.78, 5) is 26.9. The Morgan fingerprint density at radius 2 is 1.97 bits per heavy atom. The van der Waals surface area contributed by atoms with Gasteiger partial charge in [-0.25, -0.2) is 8.42 Å². The third-order valence-corrected chi connectivity index (χ3v) is 5.34. The van der Waals surface area contributed by atoms with E-state index in [-0.39, 0.29) is 24.8 Å². The molecular weight excluding hydrogens is 406 g/mol. The van der Waals surface area contributed by atoms with Crippen LogP contribution in [0.3, 0.4) is 0 Å². The van der Waals surface area contributed by atoms with Crippen molar-refractivity contribution >= 4 is 38.9 Å². The fraction of sp³-hybridized carbons (Fsp3) is 0.333. The summed E-state index contributed by atoms with van der Waals surface area (Å²) in [7, 11) is -3.44. The molecule has 1 fully saturated rings. The molecular formula is C21H25N3O5S. The third kappa shape index (κ3) is 5.10. The average Bonchev–Trinajstić information content (AvgIpc) is 3.06. The number of para-hydroxylation sites is 2. The molecule has 0 aliphatic carbocycles. The van der Waals surface area contributed by atoms with Crippen molar-refractivity contribution in [2.45, 2.75) is 20.3 Å². The molecule has 2 aromatic carbocycles. The predicted octanol–water partition coefficient (Wildman–Crippen LogP) is 2.76. The van der Waals surface area contributed by atoms with Crippen LogP contribution >= 0.6 is 0 Å². The second-order valence-electron chi connectivity index (χ2n) is 7.20. The van der Waals surface area contributed by atoms with E-state index in [1.165, 1.54) is 0 Å². The molecule has 30 heavy (non-hydrogen) atoms. The van der Waals surface area contributed by atoms with Crippen molar-refractivity contribution in [3.63, 3.8) is 0 Å². The molecule has 3 rings (SSSR count). The molecule has 0 aromatic heterocycles. The Hall–Kier alpha value is -3.07. The standard InChI is InChI=1S/C21H25N3O5S/c1-4-29-19-8-6-5-7-18(19)24-13-15(11-20(24)25)21(26)22-16-10-9-14(2)17(12-16)23-30(3,27)28/h5-10,12,15,23H,4,11,13H2,1-3H3,(H,22,26). The van der Waals surface area contributed by atoms with Crippen molar-refractivity contribution < 1.29 is 22.7 Å². The highest BCUT2D eigenvalue weighted by Crippen LogP contribution is 2.33. The molecule has 0 saturated carbocycles. The number of hydrogen-bond donors (Lipinski definition) is 2. The van der Waals surface area contributed by atoms with Crippen molar-refractivity contribution in [1.82, 2.24) is 0 Å². The van der Waals surface area contributed by atoms with Gasteiger partial charge in [-0.2, -0.15) is 0 Å². The maximum atomic E-state index is 12.8. The van der Waals surface area contributed by atoms with Gasteiger partial charge in [-0.15, -0.1) is 0 Å². The first kappa shape index (κ1) is 21.6. The fourth-order valence-corrected chi connectivity index (χ4v) is 3.95. The normalized spacial score (nSPS) is 16.4. The summed E-state index contributed by atoms with van der Waals surface area (Å²) >= 11 is 0. The molecule has 8 nitrogen and oxygen atoms in total. The zero-order valence-electron chi connectivity index (χ0n) is 17.1. The molecule has 0 radical (unpaired) electrons. The van der Waals surface area contributed by atoms with E-state index < -0.39 is 15.9 Å². The number of rotatable bonds is 7. The number of ether oxygens (including phenoxy) is 1. The fourth-order valence-electron chi connectivity index (χ4n) is 3.33. The van der Waals surface area contributed by atoms with Crippen LogP contribution in [0.25, 0.3) is 0 Å². The first-order chi connectivity index (χ1) is 14.2. The van der Waals surface area contributed by atoms with Gasteiger partial charge >= 0.3 is 0 Å². The third-order valence-electron chi connectivity index (χ3n) is 4.75. The Bertz CT molecular complexity index is 1070. The lowest BCUT2D eigenvalue weighted by atomic mass is 10.1. The molecule has 1 aliphatic rings. The number of carbonyl (C=O) groups is 2. The van der Waals surface area contributed by atoms with Crippen LogP contribution in [0.5, 0.6) is 5.75 Å². The molecule has 2 aromatic rings. The zero-order valence-corrected chi connectivity index (χ0v) is 18.0. The molecule has 2 N–H and O–H groups in total. The highest BCUT2D eigenvalue weighted by Gasteiger charge is 2.36. The van der Waals surface area contributed by atoms with Gasteiger partial charge in [0.05, 0.1) is 30.2 Å². The number of hydrogen-bond acceptors (Lipinski definition) is 5. The largest absolute Gasteiger partial charge is 0.492 e. The van der Waals surface area contributed by atoms with Crippen LogP contribution in [0, 0.1) is 12.8 Å². The predicted molar refractivity (Wildman–Crippen MR) is 116 cm³/mol. The lowest BCUT2D eigenvalue weighted by Gasteiger charge is -2.20. The van der Waals surface area contributed by atoms with Gasteiger partial charge in [0.15, 0.2) is 0 Å². The smallest absolute Gasteiger partial charge is 0.229 e. The minimum atomic E-state index is -3.44. The topological polar surface area (TPSA) is 105 Å². The Balaban J connectivity index is 1.73. The molecule has 2 amide bonds. The van der Waals surface area contributed by atoms with Gasteiger partial charge < -0.3 is 15.0 Å². The van der Waals surface area contributed by atoms with Crippen molar-refractivity contribution in [3.8, 4) is 5.75 Å². The first-order valence-electron chi connectivity index (χ1n) is 9.59. The van der Waals surface area contributed by atoms with Gasteiger partial charge in [0.25, 0.3) is 0 Å². The zero-order chi connectivity index (χ0) is 21.9. The molecule has 1 unspecified atom stereocenters. The highest BCUT2D eigenvalue weighted by atomic mass is 32.2. The molecule has 1 heterocycles. The van der Waals surface area contributed by atoms with Crippen LogP contribution in [0.15, 0.2) is 42.5 Å². The van der Waals surface area contributed by atoms with Crippen molar-refractivity contribution in [1.29, 1.82) is 0 Å². The van der Waals surface area contributed by atoms with Crippen LogP contribution in [-0.4, -0.2) is 39.6 Å². The average molecular weight is 432 g/mol. The van der Waals surface area contributed by atoms with Gasteiger partial charge in [-0.1, -0.05) is 18.2 Å².